The van der Waals surface area contributed by atoms with Crippen molar-refractivity contribution in [2.75, 3.05) is 18.7 Å². The number of anilines is 1. The van der Waals surface area contributed by atoms with Crippen molar-refractivity contribution in [1.82, 2.24) is 24.6 Å². The van der Waals surface area contributed by atoms with Crippen LogP contribution in [0.4, 0.5) is 10.3 Å². The predicted octanol–water partition coefficient (Wildman–Crippen LogP) is 3.49. The minimum atomic E-state index is -3.98. The molecule has 0 unspecified atom stereocenters. The van der Waals surface area contributed by atoms with Crippen LogP contribution in [-0.2, 0) is 27.9 Å². The van der Waals surface area contributed by atoms with Gasteiger partial charge >= 0.3 is 0 Å². The molecule has 1 atom stereocenters. The van der Waals surface area contributed by atoms with Gasteiger partial charge in [0.15, 0.2) is 11.5 Å². The summed E-state index contributed by atoms with van der Waals surface area (Å²) in [4.78, 5) is 26.6. The van der Waals surface area contributed by atoms with Gasteiger partial charge in [0.2, 0.25) is 28.7 Å². The lowest BCUT2D eigenvalue weighted by Gasteiger charge is -2.23. The molecule has 0 spiro atoms. The fourth-order valence-corrected chi connectivity index (χ4v) is 6.54. The summed E-state index contributed by atoms with van der Waals surface area (Å²) in [5.74, 6) is 0.622. The summed E-state index contributed by atoms with van der Waals surface area (Å²) in [5.41, 5.74) is 2.83. The lowest BCUT2D eigenvalue weighted by Crippen LogP contribution is -2.45. The van der Waals surface area contributed by atoms with E-state index >= 15 is 0 Å². The molecule has 13 heteroatoms. The number of nitrogens with zero attached hydrogens (tertiary/aromatic N) is 4. The molecule has 11 nitrogen and oxygen atoms in total. The van der Waals surface area contributed by atoms with E-state index in [0.29, 0.717) is 48.2 Å². The van der Waals surface area contributed by atoms with Crippen LogP contribution >= 0.6 is 0 Å². The van der Waals surface area contributed by atoms with E-state index in [9.17, 15) is 17.6 Å². The van der Waals surface area contributed by atoms with Crippen molar-refractivity contribution in [3.63, 3.8) is 0 Å². The first kappa shape index (κ1) is 27.5. The molecule has 1 fully saturated rings. The van der Waals surface area contributed by atoms with Crippen LogP contribution in [0.25, 0.3) is 11.3 Å². The number of carbonyl (C=O) groups is 1. The van der Waals surface area contributed by atoms with Crippen LogP contribution in [0.1, 0.15) is 24.1 Å². The molecule has 2 aromatic heterocycles. The number of halogens is 1. The monoisotopic (exact) mass is 590 g/mol. The number of hydrogen-bond acceptors (Lipinski definition) is 9. The molecule has 2 aliphatic heterocycles. The Morgan fingerprint density at radius 1 is 1.02 bits per heavy atom. The van der Waals surface area contributed by atoms with Crippen LogP contribution in [0.5, 0.6) is 11.5 Å². The molecule has 216 valence electrons. The molecule has 1 saturated heterocycles. The van der Waals surface area contributed by atoms with Gasteiger partial charge in [0.25, 0.3) is 0 Å². The van der Waals surface area contributed by atoms with Crippen molar-refractivity contribution in [2.45, 2.75) is 36.9 Å². The number of aromatic nitrogens is 3. The lowest BCUT2D eigenvalue weighted by molar-refractivity contribution is -0.124. The smallest absolute Gasteiger partial charge is 0.243 e. The van der Waals surface area contributed by atoms with Crippen molar-refractivity contribution < 1.29 is 27.1 Å². The molecule has 0 saturated carbocycles. The van der Waals surface area contributed by atoms with E-state index in [1.165, 1.54) is 16.4 Å². The zero-order chi connectivity index (χ0) is 29.1. The zero-order valence-corrected chi connectivity index (χ0v) is 23.2. The Labute approximate surface area is 241 Å². The lowest BCUT2D eigenvalue weighted by atomic mass is 10.1. The molecular weight excluding hydrogens is 563 g/mol. The molecule has 2 aliphatic rings. The topological polar surface area (TPSA) is 136 Å². The van der Waals surface area contributed by atoms with Crippen molar-refractivity contribution in [3.8, 4) is 22.8 Å². The summed E-state index contributed by atoms with van der Waals surface area (Å²) in [6.45, 7) is 0.818. The highest BCUT2D eigenvalue weighted by Gasteiger charge is 2.39. The fraction of sp³-hybridized carbons (Fsp3) is 0.241. The van der Waals surface area contributed by atoms with E-state index in [4.69, 9.17) is 9.47 Å². The number of pyridine rings is 1. The largest absolute Gasteiger partial charge is 0.454 e. The van der Waals surface area contributed by atoms with E-state index < -0.39 is 27.8 Å². The third-order valence-electron chi connectivity index (χ3n) is 6.99. The van der Waals surface area contributed by atoms with E-state index in [2.05, 4.69) is 25.6 Å². The van der Waals surface area contributed by atoms with Gasteiger partial charge < -0.3 is 20.1 Å². The summed E-state index contributed by atoms with van der Waals surface area (Å²) in [7, 11) is -3.98. The quantitative estimate of drug-likeness (QED) is 0.300. The second kappa shape index (κ2) is 11.7. The Kier molecular flexibility index (Phi) is 7.68. The second-order valence-corrected chi connectivity index (χ2v) is 11.7. The van der Waals surface area contributed by atoms with E-state index in [0.717, 1.165) is 23.3 Å². The third kappa shape index (κ3) is 5.87. The second-order valence-electron chi connectivity index (χ2n) is 9.80. The molecule has 4 aromatic rings. The van der Waals surface area contributed by atoms with Crippen LogP contribution in [0.2, 0.25) is 0 Å². The van der Waals surface area contributed by atoms with Gasteiger partial charge in [-0.3, -0.25) is 9.78 Å². The number of carbonyl (C=O) groups excluding carboxylic acids is 1. The molecule has 2 aromatic carbocycles. The first-order valence-electron chi connectivity index (χ1n) is 13.3. The Balaban J connectivity index is 1.21. The molecule has 4 heterocycles. The number of sulfonamides is 1. The molecule has 6 rings (SSSR count). The predicted molar refractivity (Wildman–Crippen MR) is 150 cm³/mol. The van der Waals surface area contributed by atoms with Crippen molar-refractivity contribution in [2.24, 2.45) is 0 Å². The maximum atomic E-state index is 13.4. The molecule has 0 aliphatic carbocycles. The first-order valence-corrected chi connectivity index (χ1v) is 14.8. The van der Waals surface area contributed by atoms with Gasteiger partial charge in [0, 0.05) is 31.0 Å². The number of ether oxygens (including phenoxy) is 2. The highest BCUT2D eigenvalue weighted by molar-refractivity contribution is 7.89. The third-order valence-corrected chi connectivity index (χ3v) is 8.91. The first-order chi connectivity index (χ1) is 20.4. The summed E-state index contributed by atoms with van der Waals surface area (Å²) in [6.07, 6.45) is 4.33. The molecule has 0 bridgehead atoms. The Morgan fingerprint density at radius 3 is 2.67 bits per heavy atom. The van der Waals surface area contributed by atoms with Crippen LogP contribution in [-0.4, -0.2) is 53.0 Å². The van der Waals surface area contributed by atoms with Crippen LogP contribution < -0.4 is 20.1 Å². The SMILES string of the molecule is O=C(NCc1cc(-c2ccc3c(c2)OCO3)nc(NCc2cccnc2)n1)[C@@H]1CCCN1S(=O)(=O)c1ccc(F)cc1. The minimum absolute atomic E-state index is 0.0431. The summed E-state index contributed by atoms with van der Waals surface area (Å²) < 4.78 is 51.9. The van der Waals surface area contributed by atoms with Crippen LogP contribution in [0, 0.1) is 5.82 Å². The van der Waals surface area contributed by atoms with Gasteiger partial charge in [-0.25, -0.2) is 22.8 Å². The van der Waals surface area contributed by atoms with Crippen molar-refractivity contribution in [1.29, 1.82) is 0 Å². The van der Waals surface area contributed by atoms with E-state index in [1.807, 2.05) is 24.3 Å². The van der Waals surface area contributed by atoms with Gasteiger partial charge in [0.05, 0.1) is 22.8 Å². The summed E-state index contributed by atoms with van der Waals surface area (Å²) in [5, 5.41) is 6.06. The Morgan fingerprint density at radius 2 is 1.86 bits per heavy atom. The van der Waals surface area contributed by atoms with Crippen LogP contribution in [0.15, 0.2) is 78.0 Å². The van der Waals surface area contributed by atoms with Crippen molar-refractivity contribution >= 4 is 21.9 Å². The number of hydrogen-bond donors (Lipinski definition) is 2. The summed E-state index contributed by atoms with van der Waals surface area (Å²) >= 11 is 0. The number of nitrogens with one attached hydrogen (secondary N) is 2. The van der Waals surface area contributed by atoms with Gasteiger partial charge in [-0.2, -0.15) is 4.31 Å². The zero-order valence-electron chi connectivity index (χ0n) is 22.4. The number of fused-ring (bicyclic) bond motifs is 1. The average Bonchev–Trinajstić information content (AvgIpc) is 3.70. The van der Waals surface area contributed by atoms with Gasteiger partial charge in [-0.15, -0.1) is 0 Å². The summed E-state index contributed by atoms with van der Waals surface area (Å²) in [6, 6.07) is 14.7. The molecule has 2 N–H and O–H groups in total. The number of benzene rings is 2. The Hall–Kier alpha value is -4.62. The van der Waals surface area contributed by atoms with E-state index in [-0.39, 0.29) is 24.8 Å². The highest BCUT2D eigenvalue weighted by Crippen LogP contribution is 2.36. The number of amides is 1. The van der Waals surface area contributed by atoms with Gasteiger partial charge in [-0.1, -0.05) is 6.07 Å². The Bertz CT molecular complexity index is 1710. The van der Waals surface area contributed by atoms with Crippen LogP contribution in [0.3, 0.4) is 0 Å². The van der Waals surface area contributed by atoms with Gasteiger partial charge in [-0.05, 0) is 73.0 Å². The number of rotatable bonds is 9. The standard InChI is InChI=1S/C29H27FN6O5S/c30-21-6-8-23(9-7-21)42(38,39)36-12-2-4-25(36)28(37)32-17-22-14-24(20-5-10-26-27(13-20)41-18-40-26)35-29(34-22)33-16-19-3-1-11-31-15-19/h1,3,5-11,13-15,25H,2,4,12,16-18H2,(H,32,37)(H,33,34,35)/t25-/m0/s1. The molecular formula is C29H27FN6O5S. The maximum Gasteiger partial charge on any atom is 0.243 e. The maximum absolute atomic E-state index is 13.4. The highest BCUT2D eigenvalue weighted by atomic mass is 32.2. The van der Waals surface area contributed by atoms with E-state index in [1.54, 1.807) is 24.5 Å². The molecule has 0 radical (unpaired) electrons. The van der Waals surface area contributed by atoms with Gasteiger partial charge in [0.1, 0.15) is 11.9 Å². The molecule has 1 amide bonds. The normalized spacial score (nSPS) is 16.4. The minimum Gasteiger partial charge on any atom is -0.454 e. The fourth-order valence-electron chi connectivity index (χ4n) is 4.88. The van der Waals surface area contributed by atoms with Crippen molar-refractivity contribution in [3.05, 3.63) is 90.1 Å². The average molecular weight is 591 g/mol. The molecule has 42 heavy (non-hydrogen) atoms.